The predicted molar refractivity (Wildman–Crippen MR) is 133 cm³/mol. The average molecular weight is 497 g/mol. The van der Waals surface area contributed by atoms with Gasteiger partial charge in [0.2, 0.25) is 6.79 Å². The van der Waals surface area contributed by atoms with Gasteiger partial charge in [-0.25, -0.2) is 4.98 Å². The van der Waals surface area contributed by atoms with E-state index in [0.29, 0.717) is 45.3 Å². The average Bonchev–Trinajstić information content (AvgIpc) is 3.41. The van der Waals surface area contributed by atoms with Crippen LogP contribution in [-0.4, -0.2) is 51.6 Å². The molecule has 0 aliphatic carbocycles. The molecule has 2 aliphatic rings. The minimum Gasteiger partial charge on any atom is -0.454 e. The number of carbonyl (C=O) groups excluding carboxylic acids is 1. The highest BCUT2D eigenvalue weighted by Crippen LogP contribution is 2.36. The first kappa shape index (κ1) is 22.4. The van der Waals surface area contributed by atoms with Gasteiger partial charge in [0.25, 0.3) is 11.5 Å². The van der Waals surface area contributed by atoms with Gasteiger partial charge in [0.05, 0.1) is 23.6 Å². The van der Waals surface area contributed by atoms with Crippen molar-refractivity contribution < 1.29 is 19.0 Å². The largest absolute Gasteiger partial charge is 0.454 e. The van der Waals surface area contributed by atoms with Crippen LogP contribution in [0.1, 0.15) is 11.1 Å². The molecule has 5 rings (SSSR count). The van der Waals surface area contributed by atoms with Crippen LogP contribution in [-0.2, 0) is 16.1 Å². The molecule has 0 spiro atoms. The van der Waals surface area contributed by atoms with Crippen LogP contribution in [0.15, 0.2) is 52.3 Å². The molecule has 1 saturated heterocycles. The van der Waals surface area contributed by atoms with Crippen LogP contribution in [0.4, 0.5) is 5.82 Å². The van der Waals surface area contributed by atoms with Crippen LogP contribution in [0.5, 0.6) is 11.5 Å². The minimum absolute atomic E-state index is 0.179. The number of carbonyl (C=O) groups is 1. The van der Waals surface area contributed by atoms with Gasteiger partial charge < -0.3 is 19.5 Å². The number of thioether (sulfide) groups is 1. The van der Waals surface area contributed by atoms with Crippen molar-refractivity contribution in [3.63, 3.8) is 0 Å². The van der Waals surface area contributed by atoms with Crippen LogP contribution in [0.25, 0.3) is 11.7 Å². The van der Waals surface area contributed by atoms with Gasteiger partial charge in [-0.2, -0.15) is 0 Å². The Hall–Kier alpha value is -3.41. The molecular formula is C23H20N4O5S2. The molecule has 1 fully saturated rings. The lowest BCUT2D eigenvalue weighted by Gasteiger charge is -2.14. The van der Waals surface area contributed by atoms with Crippen molar-refractivity contribution in [1.82, 2.24) is 14.3 Å². The van der Waals surface area contributed by atoms with Crippen molar-refractivity contribution in [2.75, 3.05) is 32.4 Å². The van der Waals surface area contributed by atoms with Crippen molar-refractivity contribution in [1.29, 1.82) is 0 Å². The SMILES string of the molecule is COCCNc1nc2ccccn2c(=O)c1C=C1SC(=S)N(Cc2ccc3c(c2)OCO3)C1=O. The zero-order valence-corrected chi connectivity index (χ0v) is 19.8. The first-order valence-electron chi connectivity index (χ1n) is 10.4. The third kappa shape index (κ3) is 4.25. The van der Waals surface area contributed by atoms with Crippen molar-refractivity contribution in [2.24, 2.45) is 0 Å². The molecule has 0 radical (unpaired) electrons. The lowest BCUT2D eigenvalue weighted by molar-refractivity contribution is -0.122. The summed E-state index contributed by atoms with van der Waals surface area (Å²) in [6, 6.07) is 10.8. The molecule has 174 valence electrons. The highest BCUT2D eigenvalue weighted by molar-refractivity contribution is 8.26. The van der Waals surface area contributed by atoms with Crippen molar-refractivity contribution in [2.45, 2.75) is 6.54 Å². The predicted octanol–water partition coefficient (Wildman–Crippen LogP) is 2.88. The fourth-order valence-electron chi connectivity index (χ4n) is 3.63. The summed E-state index contributed by atoms with van der Waals surface area (Å²) in [5.41, 5.74) is 1.35. The molecule has 2 aromatic heterocycles. The van der Waals surface area contributed by atoms with Gasteiger partial charge in [0.15, 0.2) is 11.5 Å². The second kappa shape index (κ2) is 9.45. The van der Waals surface area contributed by atoms with Crippen LogP contribution in [0.2, 0.25) is 0 Å². The number of ether oxygens (including phenoxy) is 3. The summed E-state index contributed by atoms with van der Waals surface area (Å²) in [7, 11) is 1.59. The molecule has 9 nitrogen and oxygen atoms in total. The highest BCUT2D eigenvalue weighted by Gasteiger charge is 2.33. The van der Waals surface area contributed by atoms with Gasteiger partial charge in [0.1, 0.15) is 15.8 Å². The van der Waals surface area contributed by atoms with Gasteiger partial charge in [0, 0.05) is 19.9 Å². The Morgan fingerprint density at radius 1 is 1.24 bits per heavy atom. The Morgan fingerprint density at radius 2 is 2.09 bits per heavy atom. The van der Waals surface area contributed by atoms with Crippen molar-refractivity contribution >= 4 is 51.7 Å². The molecule has 1 N–H and O–H groups in total. The summed E-state index contributed by atoms with van der Waals surface area (Å²) in [5, 5.41) is 3.14. The summed E-state index contributed by atoms with van der Waals surface area (Å²) in [4.78, 5) is 32.9. The maximum Gasteiger partial charge on any atom is 0.267 e. The zero-order chi connectivity index (χ0) is 23.7. The van der Waals surface area contributed by atoms with Gasteiger partial charge >= 0.3 is 0 Å². The number of hydrogen-bond donors (Lipinski definition) is 1. The van der Waals surface area contributed by atoms with Crippen molar-refractivity contribution in [3.05, 3.63) is 69.0 Å². The Morgan fingerprint density at radius 3 is 2.94 bits per heavy atom. The fraction of sp³-hybridized carbons (Fsp3) is 0.217. The van der Waals surface area contributed by atoms with Crippen LogP contribution in [0.3, 0.4) is 0 Å². The Bertz CT molecular complexity index is 1390. The van der Waals surface area contributed by atoms with E-state index in [-0.39, 0.29) is 30.4 Å². The van der Waals surface area contributed by atoms with E-state index in [0.717, 1.165) is 17.3 Å². The third-order valence-electron chi connectivity index (χ3n) is 5.29. The maximum atomic E-state index is 13.3. The van der Waals surface area contributed by atoms with Crippen LogP contribution < -0.4 is 20.3 Å². The van der Waals surface area contributed by atoms with Gasteiger partial charge in [-0.15, -0.1) is 0 Å². The van der Waals surface area contributed by atoms with E-state index in [1.807, 2.05) is 24.3 Å². The van der Waals surface area contributed by atoms with E-state index in [1.54, 1.807) is 31.5 Å². The molecule has 2 aliphatic heterocycles. The number of fused-ring (bicyclic) bond motifs is 2. The molecule has 3 aromatic rings. The molecule has 0 bridgehead atoms. The third-order valence-corrected chi connectivity index (χ3v) is 6.67. The summed E-state index contributed by atoms with van der Waals surface area (Å²) >= 11 is 6.63. The van der Waals surface area contributed by atoms with E-state index < -0.39 is 0 Å². The molecule has 34 heavy (non-hydrogen) atoms. The number of anilines is 1. The van der Waals surface area contributed by atoms with Crippen molar-refractivity contribution in [3.8, 4) is 11.5 Å². The molecule has 0 unspecified atom stereocenters. The second-order valence-electron chi connectivity index (χ2n) is 7.48. The van der Waals surface area contributed by atoms with Gasteiger partial charge in [-0.05, 0) is 35.9 Å². The zero-order valence-electron chi connectivity index (χ0n) is 18.1. The number of nitrogens with one attached hydrogen (secondary N) is 1. The Kier molecular flexibility index (Phi) is 6.22. The number of methoxy groups -OCH3 is 1. The first-order valence-corrected chi connectivity index (χ1v) is 11.7. The minimum atomic E-state index is -0.286. The number of pyridine rings is 1. The second-order valence-corrected chi connectivity index (χ2v) is 9.16. The first-order chi connectivity index (χ1) is 16.5. The number of aromatic nitrogens is 2. The van der Waals surface area contributed by atoms with Gasteiger partial charge in [-0.3, -0.25) is 18.9 Å². The van der Waals surface area contributed by atoms with E-state index in [2.05, 4.69) is 10.3 Å². The molecular weight excluding hydrogens is 476 g/mol. The quantitative estimate of drug-likeness (QED) is 0.301. The molecule has 0 saturated carbocycles. The number of rotatable bonds is 7. The standard InChI is InChI=1S/C23H20N4O5S2/c1-30-9-7-24-20-15(21(28)26-8-3-2-4-19(26)25-20)11-18-22(29)27(23(33)34-18)12-14-5-6-16-17(10-14)32-13-31-16/h2-6,8,10-11,24H,7,9,12-13H2,1H3. The lowest BCUT2D eigenvalue weighted by Crippen LogP contribution is -2.27. The molecule has 1 aromatic carbocycles. The molecule has 4 heterocycles. The Balaban J connectivity index is 1.47. The molecule has 0 atom stereocenters. The number of benzene rings is 1. The summed E-state index contributed by atoms with van der Waals surface area (Å²) in [5.74, 6) is 1.43. The number of hydrogen-bond acceptors (Lipinski definition) is 9. The molecule has 1 amide bonds. The normalized spacial score (nSPS) is 16.1. The number of thiocarbonyl (C=S) groups is 1. The number of nitrogens with zero attached hydrogens (tertiary/aromatic N) is 3. The molecule has 11 heteroatoms. The smallest absolute Gasteiger partial charge is 0.267 e. The van der Waals surface area contributed by atoms with E-state index >= 15 is 0 Å². The Labute approximate surface area is 204 Å². The summed E-state index contributed by atoms with van der Waals surface area (Å²) in [6.45, 7) is 1.36. The van der Waals surface area contributed by atoms with Crippen LogP contribution >= 0.6 is 24.0 Å². The fourth-order valence-corrected chi connectivity index (χ4v) is 4.87. The summed E-state index contributed by atoms with van der Waals surface area (Å²) in [6.07, 6.45) is 3.20. The maximum absolute atomic E-state index is 13.3. The summed E-state index contributed by atoms with van der Waals surface area (Å²) < 4.78 is 17.7. The topological polar surface area (TPSA) is 94.4 Å². The van der Waals surface area contributed by atoms with Gasteiger partial charge in [-0.1, -0.05) is 36.1 Å². The number of amides is 1. The van der Waals surface area contributed by atoms with E-state index in [1.165, 1.54) is 9.30 Å². The highest BCUT2D eigenvalue weighted by atomic mass is 32.2. The monoisotopic (exact) mass is 496 g/mol. The van der Waals surface area contributed by atoms with Crippen LogP contribution in [0, 0.1) is 0 Å². The lowest BCUT2D eigenvalue weighted by atomic mass is 10.2. The van der Waals surface area contributed by atoms with E-state index in [9.17, 15) is 9.59 Å². The van der Waals surface area contributed by atoms with E-state index in [4.69, 9.17) is 26.4 Å².